The summed E-state index contributed by atoms with van der Waals surface area (Å²) in [5.74, 6) is 0.946. The van der Waals surface area contributed by atoms with Crippen molar-refractivity contribution in [2.24, 2.45) is 11.8 Å². The summed E-state index contributed by atoms with van der Waals surface area (Å²) < 4.78 is 28.4. The SMILES string of the molecule is CC(CC(=O)Nc1ccc(OC(F)F)cc1)C1CCNCC1. The molecule has 22 heavy (non-hydrogen) atoms. The van der Waals surface area contributed by atoms with Crippen molar-refractivity contribution in [2.45, 2.75) is 32.8 Å². The number of alkyl halides is 2. The number of piperidine rings is 1. The monoisotopic (exact) mass is 312 g/mol. The minimum absolute atomic E-state index is 0.0476. The van der Waals surface area contributed by atoms with Crippen LogP contribution >= 0.6 is 0 Å². The number of carbonyl (C=O) groups excluding carboxylic acids is 1. The van der Waals surface area contributed by atoms with Crippen LogP contribution in [0.4, 0.5) is 14.5 Å². The molecular weight excluding hydrogens is 290 g/mol. The molecule has 1 fully saturated rings. The highest BCUT2D eigenvalue weighted by Gasteiger charge is 2.22. The molecule has 0 bridgehead atoms. The molecule has 1 heterocycles. The van der Waals surface area contributed by atoms with Gasteiger partial charge in [0.05, 0.1) is 0 Å². The van der Waals surface area contributed by atoms with Crippen LogP contribution in [0.2, 0.25) is 0 Å². The first-order chi connectivity index (χ1) is 10.5. The second kappa shape index (κ2) is 8.08. The first-order valence-corrected chi connectivity index (χ1v) is 7.60. The molecule has 6 heteroatoms. The van der Waals surface area contributed by atoms with Crippen molar-refractivity contribution in [3.63, 3.8) is 0 Å². The first-order valence-electron chi connectivity index (χ1n) is 7.60. The average Bonchev–Trinajstić information content (AvgIpc) is 2.49. The Bertz CT molecular complexity index is 474. The van der Waals surface area contributed by atoms with Gasteiger partial charge in [-0.2, -0.15) is 8.78 Å². The Balaban J connectivity index is 1.80. The van der Waals surface area contributed by atoms with Gasteiger partial charge in [-0.3, -0.25) is 4.79 Å². The van der Waals surface area contributed by atoms with Gasteiger partial charge in [0.2, 0.25) is 5.91 Å². The molecular formula is C16H22F2N2O2. The van der Waals surface area contributed by atoms with Gasteiger partial charge in [0.1, 0.15) is 5.75 Å². The molecule has 1 atom stereocenters. The van der Waals surface area contributed by atoms with E-state index in [2.05, 4.69) is 22.3 Å². The van der Waals surface area contributed by atoms with E-state index in [9.17, 15) is 13.6 Å². The van der Waals surface area contributed by atoms with Crippen LogP contribution in [-0.2, 0) is 4.79 Å². The van der Waals surface area contributed by atoms with Crippen LogP contribution in [0.25, 0.3) is 0 Å². The lowest BCUT2D eigenvalue weighted by Crippen LogP contribution is -2.32. The van der Waals surface area contributed by atoms with E-state index in [0.717, 1.165) is 25.9 Å². The molecule has 1 aliphatic heterocycles. The maximum absolute atomic E-state index is 12.1. The molecule has 1 amide bonds. The van der Waals surface area contributed by atoms with E-state index in [1.807, 2.05) is 0 Å². The van der Waals surface area contributed by atoms with Gasteiger partial charge >= 0.3 is 6.61 Å². The van der Waals surface area contributed by atoms with E-state index in [-0.39, 0.29) is 11.7 Å². The van der Waals surface area contributed by atoms with Gasteiger partial charge in [0.15, 0.2) is 0 Å². The number of hydrogen-bond donors (Lipinski definition) is 2. The summed E-state index contributed by atoms with van der Waals surface area (Å²) in [4.78, 5) is 12.1. The predicted octanol–water partition coefficient (Wildman–Crippen LogP) is 3.25. The van der Waals surface area contributed by atoms with Crippen LogP contribution in [0.1, 0.15) is 26.2 Å². The Labute approximate surface area is 129 Å². The van der Waals surface area contributed by atoms with Gasteiger partial charge in [-0.15, -0.1) is 0 Å². The molecule has 0 saturated carbocycles. The fourth-order valence-corrected chi connectivity index (χ4v) is 2.80. The van der Waals surface area contributed by atoms with Gasteiger partial charge in [0.25, 0.3) is 0 Å². The van der Waals surface area contributed by atoms with Crippen molar-refractivity contribution in [1.29, 1.82) is 0 Å². The lowest BCUT2D eigenvalue weighted by Gasteiger charge is -2.27. The van der Waals surface area contributed by atoms with Crippen LogP contribution in [0.15, 0.2) is 24.3 Å². The second-order valence-electron chi connectivity index (χ2n) is 5.72. The number of anilines is 1. The third-order valence-electron chi connectivity index (χ3n) is 4.06. The van der Waals surface area contributed by atoms with E-state index in [1.165, 1.54) is 12.1 Å². The number of carbonyl (C=O) groups is 1. The third kappa shape index (κ3) is 5.26. The van der Waals surface area contributed by atoms with E-state index in [4.69, 9.17) is 0 Å². The van der Waals surface area contributed by atoms with Crippen molar-refractivity contribution in [3.8, 4) is 5.75 Å². The van der Waals surface area contributed by atoms with Crippen molar-refractivity contribution in [1.82, 2.24) is 5.32 Å². The van der Waals surface area contributed by atoms with Crippen LogP contribution in [0, 0.1) is 11.8 Å². The van der Waals surface area contributed by atoms with E-state index < -0.39 is 6.61 Å². The summed E-state index contributed by atoms with van der Waals surface area (Å²) in [6, 6.07) is 5.95. The summed E-state index contributed by atoms with van der Waals surface area (Å²) in [5, 5.41) is 6.11. The summed E-state index contributed by atoms with van der Waals surface area (Å²) in [6.07, 6.45) is 2.68. The molecule has 1 aromatic carbocycles. The molecule has 0 spiro atoms. The quantitative estimate of drug-likeness (QED) is 0.848. The lowest BCUT2D eigenvalue weighted by molar-refractivity contribution is -0.117. The Morgan fingerprint density at radius 2 is 1.95 bits per heavy atom. The summed E-state index contributed by atoms with van der Waals surface area (Å²) in [6.45, 7) is 1.30. The largest absolute Gasteiger partial charge is 0.435 e. The Morgan fingerprint density at radius 1 is 1.32 bits per heavy atom. The fourth-order valence-electron chi connectivity index (χ4n) is 2.80. The molecule has 1 saturated heterocycles. The Hall–Kier alpha value is -1.69. The first kappa shape index (κ1) is 16.7. The minimum Gasteiger partial charge on any atom is -0.435 e. The summed E-state index contributed by atoms with van der Waals surface area (Å²) in [7, 11) is 0. The van der Waals surface area contributed by atoms with E-state index >= 15 is 0 Å². The number of rotatable bonds is 6. The van der Waals surface area contributed by atoms with Crippen LogP contribution in [-0.4, -0.2) is 25.6 Å². The van der Waals surface area contributed by atoms with Crippen molar-refractivity contribution in [2.75, 3.05) is 18.4 Å². The number of halogens is 2. The smallest absolute Gasteiger partial charge is 0.387 e. The molecule has 4 nitrogen and oxygen atoms in total. The van der Waals surface area contributed by atoms with Crippen molar-refractivity contribution >= 4 is 11.6 Å². The molecule has 0 aliphatic carbocycles. The number of amides is 1. The topological polar surface area (TPSA) is 50.4 Å². The molecule has 0 radical (unpaired) electrons. The van der Waals surface area contributed by atoms with Gasteiger partial charge in [0, 0.05) is 12.1 Å². The molecule has 2 rings (SSSR count). The van der Waals surface area contributed by atoms with Crippen LogP contribution < -0.4 is 15.4 Å². The van der Waals surface area contributed by atoms with Gasteiger partial charge in [-0.05, 0) is 62.0 Å². The number of nitrogens with one attached hydrogen (secondary N) is 2. The van der Waals surface area contributed by atoms with Crippen molar-refractivity contribution in [3.05, 3.63) is 24.3 Å². The third-order valence-corrected chi connectivity index (χ3v) is 4.06. The predicted molar refractivity (Wildman–Crippen MR) is 81.1 cm³/mol. The molecule has 2 N–H and O–H groups in total. The molecule has 1 aliphatic rings. The number of ether oxygens (including phenoxy) is 1. The summed E-state index contributed by atoms with van der Waals surface area (Å²) >= 11 is 0. The van der Waals surface area contributed by atoms with E-state index in [0.29, 0.717) is 23.9 Å². The highest BCUT2D eigenvalue weighted by Crippen LogP contribution is 2.25. The average molecular weight is 312 g/mol. The number of benzene rings is 1. The normalized spacial score (nSPS) is 17.3. The zero-order chi connectivity index (χ0) is 15.9. The highest BCUT2D eigenvalue weighted by molar-refractivity contribution is 5.90. The Kier molecular flexibility index (Phi) is 6.12. The lowest BCUT2D eigenvalue weighted by atomic mass is 9.84. The molecule has 0 aromatic heterocycles. The molecule has 1 unspecified atom stereocenters. The maximum Gasteiger partial charge on any atom is 0.387 e. The van der Waals surface area contributed by atoms with Crippen molar-refractivity contribution < 1.29 is 18.3 Å². The number of hydrogen-bond acceptors (Lipinski definition) is 3. The summed E-state index contributed by atoms with van der Waals surface area (Å²) in [5.41, 5.74) is 0.587. The van der Waals surface area contributed by atoms with Gasteiger partial charge < -0.3 is 15.4 Å². The minimum atomic E-state index is -2.84. The molecule has 1 aromatic rings. The maximum atomic E-state index is 12.1. The fraction of sp³-hybridized carbons (Fsp3) is 0.562. The molecule has 122 valence electrons. The zero-order valence-electron chi connectivity index (χ0n) is 12.6. The zero-order valence-corrected chi connectivity index (χ0v) is 12.6. The Morgan fingerprint density at radius 3 is 2.55 bits per heavy atom. The van der Waals surface area contributed by atoms with Gasteiger partial charge in [-0.25, -0.2) is 0 Å². The van der Waals surface area contributed by atoms with Gasteiger partial charge in [-0.1, -0.05) is 6.92 Å². The second-order valence-corrected chi connectivity index (χ2v) is 5.72. The van der Waals surface area contributed by atoms with E-state index in [1.54, 1.807) is 12.1 Å². The van der Waals surface area contributed by atoms with Crippen LogP contribution in [0.3, 0.4) is 0 Å². The van der Waals surface area contributed by atoms with Crippen LogP contribution in [0.5, 0.6) is 5.75 Å². The standard InChI is InChI=1S/C16H22F2N2O2/c1-11(12-6-8-19-9-7-12)10-15(21)20-13-2-4-14(5-3-13)22-16(17)18/h2-5,11-12,16,19H,6-10H2,1H3,(H,20,21). The highest BCUT2D eigenvalue weighted by atomic mass is 19.3.